The molecule has 0 radical (unpaired) electrons. The number of piperidine rings is 1. The number of hydrogen-bond donors (Lipinski definition) is 1. The number of carbonyl (C=O) groups is 1. The van der Waals surface area contributed by atoms with Crippen LogP contribution in [0.4, 0.5) is 0 Å². The normalized spacial score (nSPS) is 20.8. The third-order valence-electron chi connectivity index (χ3n) is 5.64. The molecule has 1 amide bonds. The van der Waals surface area contributed by atoms with E-state index in [1.807, 2.05) is 18.2 Å². The molecule has 140 valence electrons. The molecule has 2 aliphatic rings. The number of ether oxygens (including phenoxy) is 1. The number of carbonyl (C=O) groups excluding carboxylic acids is 1. The SMILES string of the molecule is COCCCCN(Cc1ccccc1)C(=O)C1CC12CCNCC2.Cl. The molecule has 1 aromatic carbocycles. The van der Waals surface area contributed by atoms with Crippen molar-refractivity contribution >= 4 is 18.3 Å². The van der Waals surface area contributed by atoms with Crippen LogP contribution < -0.4 is 5.32 Å². The summed E-state index contributed by atoms with van der Waals surface area (Å²) in [4.78, 5) is 15.2. The molecule has 0 bridgehead atoms. The van der Waals surface area contributed by atoms with Gasteiger partial charge in [0.05, 0.1) is 0 Å². The van der Waals surface area contributed by atoms with E-state index in [0.29, 0.717) is 11.3 Å². The van der Waals surface area contributed by atoms with Gasteiger partial charge in [0.25, 0.3) is 0 Å². The quantitative estimate of drug-likeness (QED) is 0.718. The smallest absolute Gasteiger partial charge is 0.226 e. The molecule has 3 rings (SSSR count). The van der Waals surface area contributed by atoms with Crippen molar-refractivity contribution in [2.45, 2.75) is 38.6 Å². The maximum Gasteiger partial charge on any atom is 0.226 e. The first-order chi connectivity index (χ1) is 11.7. The average Bonchev–Trinajstić information content (AvgIpc) is 3.31. The molecule has 2 fully saturated rings. The molecule has 1 unspecified atom stereocenters. The summed E-state index contributed by atoms with van der Waals surface area (Å²) < 4.78 is 5.14. The Labute approximate surface area is 157 Å². The molecule has 1 spiro atoms. The number of halogens is 1. The Hall–Kier alpha value is -1.10. The van der Waals surface area contributed by atoms with Gasteiger partial charge in [0.2, 0.25) is 5.91 Å². The minimum atomic E-state index is 0. The topological polar surface area (TPSA) is 41.6 Å². The number of benzene rings is 1. The van der Waals surface area contributed by atoms with Crippen LogP contribution in [0.5, 0.6) is 0 Å². The predicted octanol–water partition coefficient (Wildman–Crippen LogP) is 3.25. The molecular formula is C20H31ClN2O2. The van der Waals surface area contributed by atoms with Gasteiger partial charge in [-0.15, -0.1) is 12.4 Å². The highest BCUT2D eigenvalue weighted by Gasteiger charge is 2.58. The van der Waals surface area contributed by atoms with E-state index in [1.54, 1.807) is 7.11 Å². The Bertz CT molecular complexity index is 532. The van der Waals surface area contributed by atoms with Crippen LogP contribution in [0.3, 0.4) is 0 Å². The third-order valence-corrected chi connectivity index (χ3v) is 5.64. The zero-order valence-corrected chi connectivity index (χ0v) is 16.0. The molecule has 1 heterocycles. The van der Waals surface area contributed by atoms with Crippen LogP contribution in [0.1, 0.15) is 37.7 Å². The second-order valence-electron chi connectivity index (χ2n) is 7.31. The van der Waals surface area contributed by atoms with E-state index in [0.717, 1.165) is 64.9 Å². The van der Waals surface area contributed by atoms with Gasteiger partial charge in [-0.2, -0.15) is 0 Å². The molecule has 1 aliphatic heterocycles. The number of nitrogens with zero attached hydrogens (tertiary/aromatic N) is 1. The van der Waals surface area contributed by atoms with Crippen LogP contribution in [-0.2, 0) is 16.1 Å². The average molecular weight is 367 g/mol. The Morgan fingerprint density at radius 3 is 2.64 bits per heavy atom. The van der Waals surface area contributed by atoms with Gasteiger partial charge in [-0.25, -0.2) is 0 Å². The fourth-order valence-corrected chi connectivity index (χ4v) is 4.01. The fraction of sp³-hybridized carbons (Fsp3) is 0.650. The zero-order valence-electron chi connectivity index (χ0n) is 15.2. The summed E-state index contributed by atoms with van der Waals surface area (Å²) in [7, 11) is 1.73. The van der Waals surface area contributed by atoms with Crippen LogP contribution in [0.15, 0.2) is 30.3 Å². The zero-order chi connectivity index (χ0) is 16.8. The highest BCUT2D eigenvalue weighted by Crippen LogP contribution is 2.59. The van der Waals surface area contributed by atoms with Gasteiger partial charge in [-0.1, -0.05) is 30.3 Å². The highest BCUT2D eigenvalue weighted by molar-refractivity contribution is 5.85. The Morgan fingerprint density at radius 1 is 1.24 bits per heavy atom. The van der Waals surface area contributed by atoms with Crippen molar-refractivity contribution in [1.82, 2.24) is 10.2 Å². The molecular weight excluding hydrogens is 336 g/mol. The number of unbranched alkanes of at least 4 members (excludes halogenated alkanes) is 1. The molecule has 4 nitrogen and oxygen atoms in total. The van der Waals surface area contributed by atoms with E-state index in [9.17, 15) is 4.79 Å². The van der Waals surface area contributed by atoms with E-state index >= 15 is 0 Å². The van der Waals surface area contributed by atoms with Crippen LogP contribution in [0, 0.1) is 11.3 Å². The predicted molar refractivity (Wildman–Crippen MR) is 103 cm³/mol. The molecule has 25 heavy (non-hydrogen) atoms. The number of hydrogen-bond acceptors (Lipinski definition) is 3. The van der Waals surface area contributed by atoms with Crippen LogP contribution >= 0.6 is 12.4 Å². The summed E-state index contributed by atoms with van der Waals surface area (Å²) >= 11 is 0. The minimum absolute atomic E-state index is 0. The van der Waals surface area contributed by atoms with Crippen molar-refractivity contribution < 1.29 is 9.53 Å². The number of amides is 1. The summed E-state index contributed by atoms with van der Waals surface area (Å²) in [6.45, 7) is 4.47. The largest absolute Gasteiger partial charge is 0.385 e. The van der Waals surface area contributed by atoms with Crippen LogP contribution in [-0.4, -0.2) is 44.2 Å². The van der Waals surface area contributed by atoms with Crippen molar-refractivity contribution in [3.05, 3.63) is 35.9 Å². The molecule has 1 saturated heterocycles. The summed E-state index contributed by atoms with van der Waals surface area (Å²) in [5.74, 6) is 0.629. The van der Waals surface area contributed by atoms with Crippen molar-refractivity contribution in [1.29, 1.82) is 0 Å². The van der Waals surface area contributed by atoms with Gasteiger partial charge < -0.3 is 15.0 Å². The van der Waals surface area contributed by atoms with Crippen molar-refractivity contribution in [3.8, 4) is 0 Å². The summed E-state index contributed by atoms with van der Waals surface area (Å²) in [6.07, 6.45) is 5.43. The van der Waals surface area contributed by atoms with Gasteiger partial charge >= 0.3 is 0 Å². The molecule has 1 atom stereocenters. The van der Waals surface area contributed by atoms with Gasteiger partial charge in [0.15, 0.2) is 0 Å². The molecule has 1 aliphatic carbocycles. The van der Waals surface area contributed by atoms with Gasteiger partial charge in [0, 0.05) is 32.7 Å². The summed E-state index contributed by atoms with van der Waals surface area (Å²) in [6, 6.07) is 10.4. The molecule has 1 N–H and O–H groups in total. The van der Waals surface area contributed by atoms with Gasteiger partial charge in [-0.3, -0.25) is 4.79 Å². The lowest BCUT2D eigenvalue weighted by Crippen LogP contribution is -2.37. The molecule has 0 aromatic heterocycles. The van der Waals surface area contributed by atoms with Crippen LogP contribution in [0.2, 0.25) is 0 Å². The Kier molecular flexibility index (Phi) is 7.73. The van der Waals surface area contributed by atoms with E-state index in [-0.39, 0.29) is 18.3 Å². The summed E-state index contributed by atoms with van der Waals surface area (Å²) in [5, 5.41) is 3.42. The molecule has 5 heteroatoms. The second-order valence-corrected chi connectivity index (χ2v) is 7.31. The first-order valence-electron chi connectivity index (χ1n) is 9.27. The first kappa shape index (κ1) is 20.2. The number of methoxy groups -OCH3 is 1. The lowest BCUT2D eigenvalue weighted by atomic mass is 9.91. The van der Waals surface area contributed by atoms with Gasteiger partial charge in [-0.05, 0) is 56.2 Å². The fourth-order valence-electron chi connectivity index (χ4n) is 4.01. The van der Waals surface area contributed by atoms with Crippen molar-refractivity contribution in [2.24, 2.45) is 11.3 Å². The van der Waals surface area contributed by atoms with E-state index in [4.69, 9.17) is 4.74 Å². The monoisotopic (exact) mass is 366 g/mol. The third kappa shape index (κ3) is 5.19. The summed E-state index contributed by atoms with van der Waals surface area (Å²) in [5.41, 5.74) is 1.53. The number of rotatable bonds is 8. The van der Waals surface area contributed by atoms with Crippen LogP contribution in [0.25, 0.3) is 0 Å². The van der Waals surface area contributed by atoms with E-state index in [2.05, 4.69) is 22.3 Å². The van der Waals surface area contributed by atoms with Crippen molar-refractivity contribution in [2.75, 3.05) is 33.4 Å². The lowest BCUT2D eigenvalue weighted by molar-refractivity contribution is -0.134. The first-order valence-corrected chi connectivity index (χ1v) is 9.27. The Morgan fingerprint density at radius 2 is 1.96 bits per heavy atom. The second kappa shape index (κ2) is 9.56. The van der Waals surface area contributed by atoms with Crippen molar-refractivity contribution in [3.63, 3.8) is 0 Å². The van der Waals surface area contributed by atoms with E-state index < -0.39 is 0 Å². The lowest BCUT2D eigenvalue weighted by Gasteiger charge is -2.27. The standard InChI is InChI=1S/C20H30N2O2.ClH/c1-24-14-6-5-13-22(16-17-7-3-2-4-8-17)19(23)18-15-20(18)9-11-21-12-10-20;/h2-4,7-8,18,21H,5-6,9-16H2,1H3;1H. The maximum atomic E-state index is 13.1. The molecule has 1 saturated carbocycles. The number of nitrogens with one attached hydrogen (secondary N) is 1. The Balaban J connectivity index is 0.00000225. The van der Waals surface area contributed by atoms with Gasteiger partial charge in [0.1, 0.15) is 0 Å². The van der Waals surface area contributed by atoms with E-state index in [1.165, 1.54) is 5.56 Å². The maximum absolute atomic E-state index is 13.1. The highest BCUT2D eigenvalue weighted by atomic mass is 35.5. The molecule has 1 aromatic rings. The minimum Gasteiger partial charge on any atom is -0.385 e.